The zero-order valence-corrected chi connectivity index (χ0v) is 9.62. The van der Waals surface area contributed by atoms with Crippen molar-refractivity contribution in [2.75, 3.05) is 0 Å². The van der Waals surface area contributed by atoms with Crippen molar-refractivity contribution in [3.8, 4) is 0 Å². The number of carboxylic acid groups (broad SMARTS) is 1. The lowest BCUT2D eigenvalue weighted by atomic mass is 10.2. The van der Waals surface area contributed by atoms with E-state index >= 15 is 0 Å². The SMILES string of the molecule is CC(OCc1cc(Br)ccc1F)C(=O)O. The van der Waals surface area contributed by atoms with Gasteiger partial charge >= 0.3 is 5.97 Å². The lowest BCUT2D eigenvalue weighted by Gasteiger charge is -2.09. The molecule has 0 aromatic heterocycles. The molecule has 0 saturated heterocycles. The first-order valence-corrected chi connectivity index (χ1v) is 5.08. The molecule has 1 atom stereocenters. The average molecular weight is 277 g/mol. The number of carboxylic acids is 1. The van der Waals surface area contributed by atoms with Gasteiger partial charge in [-0.15, -0.1) is 0 Å². The van der Waals surface area contributed by atoms with Crippen LogP contribution < -0.4 is 0 Å². The molecule has 0 fully saturated rings. The van der Waals surface area contributed by atoms with Gasteiger partial charge in [0, 0.05) is 10.0 Å². The largest absolute Gasteiger partial charge is 0.479 e. The summed E-state index contributed by atoms with van der Waals surface area (Å²) in [5, 5.41) is 8.56. The lowest BCUT2D eigenvalue weighted by Crippen LogP contribution is -2.19. The second-order valence-electron chi connectivity index (χ2n) is 3.03. The van der Waals surface area contributed by atoms with Gasteiger partial charge in [0.25, 0.3) is 0 Å². The number of rotatable bonds is 4. The van der Waals surface area contributed by atoms with Crippen molar-refractivity contribution in [2.45, 2.75) is 19.6 Å². The third-order valence-corrected chi connectivity index (χ3v) is 2.34. The van der Waals surface area contributed by atoms with Gasteiger partial charge in [0.15, 0.2) is 6.10 Å². The Hall–Kier alpha value is -0.940. The smallest absolute Gasteiger partial charge is 0.332 e. The highest BCUT2D eigenvalue weighted by molar-refractivity contribution is 9.10. The first kappa shape index (κ1) is 12.1. The molecule has 0 aliphatic rings. The minimum absolute atomic E-state index is 0.0568. The van der Waals surface area contributed by atoms with Crippen molar-refractivity contribution in [1.29, 1.82) is 0 Å². The number of hydrogen-bond donors (Lipinski definition) is 1. The van der Waals surface area contributed by atoms with E-state index in [0.717, 1.165) is 4.47 Å². The highest BCUT2D eigenvalue weighted by Gasteiger charge is 2.12. The molecule has 5 heteroatoms. The van der Waals surface area contributed by atoms with Crippen LogP contribution in [-0.4, -0.2) is 17.2 Å². The van der Waals surface area contributed by atoms with Gasteiger partial charge in [-0.3, -0.25) is 0 Å². The Morgan fingerprint density at radius 3 is 2.93 bits per heavy atom. The van der Waals surface area contributed by atoms with E-state index in [9.17, 15) is 9.18 Å². The van der Waals surface area contributed by atoms with Crippen molar-refractivity contribution in [3.05, 3.63) is 34.1 Å². The van der Waals surface area contributed by atoms with Crippen LogP contribution in [0.1, 0.15) is 12.5 Å². The second kappa shape index (κ2) is 5.23. The number of halogens is 2. The molecule has 1 aromatic rings. The van der Waals surface area contributed by atoms with Crippen LogP contribution in [0.3, 0.4) is 0 Å². The molecule has 1 unspecified atom stereocenters. The zero-order valence-electron chi connectivity index (χ0n) is 8.04. The predicted molar refractivity (Wildman–Crippen MR) is 56.0 cm³/mol. The minimum Gasteiger partial charge on any atom is -0.479 e. The fourth-order valence-electron chi connectivity index (χ4n) is 0.940. The van der Waals surface area contributed by atoms with Gasteiger partial charge < -0.3 is 9.84 Å². The molecule has 0 heterocycles. The maximum Gasteiger partial charge on any atom is 0.332 e. The van der Waals surface area contributed by atoms with Gasteiger partial charge in [0.2, 0.25) is 0 Å². The van der Waals surface area contributed by atoms with Crippen molar-refractivity contribution >= 4 is 21.9 Å². The molecule has 3 nitrogen and oxygen atoms in total. The number of aliphatic carboxylic acids is 1. The monoisotopic (exact) mass is 276 g/mol. The number of carbonyl (C=O) groups is 1. The highest BCUT2D eigenvalue weighted by Crippen LogP contribution is 2.16. The summed E-state index contributed by atoms with van der Waals surface area (Å²) in [6, 6.07) is 4.43. The Kier molecular flexibility index (Phi) is 4.23. The maximum absolute atomic E-state index is 13.2. The van der Waals surface area contributed by atoms with Gasteiger partial charge in [0.05, 0.1) is 6.61 Å². The Labute approximate surface area is 95.0 Å². The van der Waals surface area contributed by atoms with Crippen LogP contribution >= 0.6 is 15.9 Å². The van der Waals surface area contributed by atoms with Gasteiger partial charge in [0.1, 0.15) is 5.82 Å². The average Bonchev–Trinajstić information content (AvgIpc) is 2.18. The predicted octanol–water partition coefficient (Wildman–Crippen LogP) is 2.58. The van der Waals surface area contributed by atoms with E-state index in [1.165, 1.54) is 13.0 Å². The molecule has 1 rings (SSSR count). The standard InChI is InChI=1S/C10H10BrFO3/c1-6(10(13)14)15-5-7-4-8(11)2-3-9(7)12/h2-4,6H,5H2,1H3,(H,13,14). The van der Waals surface area contributed by atoms with Gasteiger partial charge in [-0.25, -0.2) is 9.18 Å². The summed E-state index contributed by atoms with van der Waals surface area (Å²) in [6.07, 6.45) is -0.941. The Morgan fingerprint density at radius 1 is 1.67 bits per heavy atom. The number of benzene rings is 1. The second-order valence-corrected chi connectivity index (χ2v) is 3.94. The first-order valence-electron chi connectivity index (χ1n) is 4.29. The highest BCUT2D eigenvalue weighted by atomic mass is 79.9. The minimum atomic E-state index is -1.06. The molecule has 0 saturated carbocycles. The van der Waals surface area contributed by atoms with Crippen LogP contribution in [-0.2, 0) is 16.1 Å². The molecule has 15 heavy (non-hydrogen) atoms. The molecule has 0 spiro atoms. The third-order valence-electron chi connectivity index (χ3n) is 1.84. The number of hydrogen-bond acceptors (Lipinski definition) is 2. The normalized spacial score (nSPS) is 12.5. The summed E-state index contributed by atoms with van der Waals surface area (Å²) in [7, 11) is 0. The summed E-state index contributed by atoms with van der Waals surface area (Å²) in [4.78, 5) is 10.4. The van der Waals surface area contributed by atoms with Crippen LogP contribution in [0.5, 0.6) is 0 Å². The van der Waals surface area contributed by atoms with Crippen LogP contribution in [0.4, 0.5) is 4.39 Å². The molecule has 0 aliphatic heterocycles. The van der Waals surface area contributed by atoms with Crippen LogP contribution in [0.25, 0.3) is 0 Å². The van der Waals surface area contributed by atoms with E-state index < -0.39 is 17.9 Å². The van der Waals surface area contributed by atoms with E-state index in [1.54, 1.807) is 12.1 Å². The third kappa shape index (κ3) is 3.60. The molecule has 0 aliphatic carbocycles. The van der Waals surface area contributed by atoms with Crippen molar-refractivity contribution in [1.82, 2.24) is 0 Å². The fraction of sp³-hybridized carbons (Fsp3) is 0.300. The molecule has 1 aromatic carbocycles. The topological polar surface area (TPSA) is 46.5 Å². The van der Waals surface area contributed by atoms with Gasteiger partial charge in [-0.1, -0.05) is 15.9 Å². The van der Waals surface area contributed by atoms with Crippen molar-refractivity contribution in [3.63, 3.8) is 0 Å². The molecule has 0 amide bonds. The number of ether oxygens (including phenoxy) is 1. The molecular weight excluding hydrogens is 267 g/mol. The maximum atomic E-state index is 13.2. The van der Waals surface area contributed by atoms with E-state index in [0.29, 0.717) is 5.56 Å². The molecular formula is C10H10BrFO3. The molecule has 0 radical (unpaired) electrons. The molecule has 0 bridgehead atoms. The summed E-state index contributed by atoms with van der Waals surface area (Å²) >= 11 is 3.19. The van der Waals surface area contributed by atoms with Crippen molar-refractivity contribution in [2.24, 2.45) is 0 Å². The van der Waals surface area contributed by atoms with Gasteiger partial charge in [-0.2, -0.15) is 0 Å². The molecule has 1 N–H and O–H groups in total. The van der Waals surface area contributed by atoms with Gasteiger partial charge in [-0.05, 0) is 25.1 Å². The summed E-state index contributed by atoms with van der Waals surface area (Å²) in [5.41, 5.74) is 0.331. The Morgan fingerprint density at radius 2 is 2.33 bits per heavy atom. The van der Waals surface area contributed by atoms with Crippen LogP contribution in [0.15, 0.2) is 22.7 Å². The Bertz CT molecular complexity index is 368. The van der Waals surface area contributed by atoms with E-state index in [4.69, 9.17) is 9.84 Å². The van der Waals surface area contributed by atoms with E-state index in [-0.39, 0.29) is 6.61 Å². The Balaban J connectivity index is 2.65. The zero-order chi connectivity index (χ0) is 11.4. The summed E-state index contributed by atoms with van der Waals surface area (Å²) < 4.78 is 18.9. The van der Waals surface area contributed by atoms with E-state index in [2.05, 4.69) is 15.9 Å². The first-order chi connectivity index (χ1) is 7.00. The van der Waals surface area contributed by atoms with Crippen LogP contribution in [0, 0.1) is 5.82 Å². The fourth-order valence-corrected chi connectivity index (χ4v) is 1.35. The quantitative estimate of drug-likeness (QED) is 0.920. The van der Waals surface area contributed by atoms with E-state index in [1.807, 2.05) is 0 Å². The van der Waals surface area contributed by atoms with Crippen LogP contribution in [0.2, 0.25) is 0 Å². The summed E-state index contributed by atoms with van der Waals surface area (Å²) in [6.45, 7) is 1.34. The molecule has 82 valence electrons. The van der Waals surface area contributed by atoms with Crippen molar-refractivity contribution < 1.29 is 19.0 Å². The summed E-state index contributed by atoms with van der Waals surface area (Å²) in [5.74, 6) is -1.47. The lowest BCUT2D eigenvalue weighted by molar-refractivity contribution is -0.149.